The van der Waals surface area contributed by atoms with Crippen molar-refractivity contribution >= 4 is 23.3 Å². The molecule has 1 aliphatic carbocycles. The van der Waals surface area contributed by atoms with Gasteiger partial charge in [0.2, 0.25) is 0 Å². The van der Waals surface area contributed by atoms with Gasteiger partial charge in [-0.2, -0.15) is 5.26 Å². The van der Waals surface area contributed by atoms with Crippen LogP contribution in [0.5, 0.6) is 5.75 Å². The number of piperidine rings is 2. The number of halogens is 1. The van der Waals surface area contributed by atoms with E-state index >= 15 is 0 Å². The highest BCUT2D eigenvalue weighted by molar-refractivity contribution is 6.31. The van der Waals surface area contributed by atoms with Crippen molar-refractivity contribution in [1.29, 1.82) is 5.26 Å². The van der Waals surface area contributed by atoms with E-state index in [0.29, 0.717) is 27.3 Å². The second-order valence-electron chi connectivity index (χ2n) is 14.5. The van der Waals surface area contributed by atoms with Crippen LogP contribution in [0.4, 0.5) is 5.82 Å². The highest BCUT2D eigenvalue weighted by Gasteiger charge is 2.64. The monoisotopic (exact) mass is 604 g/mol. The molecule has 0 unspecified atom stereocenters. The van der Waals surface area contributed by atoms with Gasteiger partial charge in [-0.05, 0) is 74.4 Å². The molecule has 2 aromatic rings. The van der Waals surface area contributed by atoms with E-state index in [1.54, 1.807) is 24.4 Å². The van der Waals surface area contributed by atoms with Crippen molar-refractivity contribution in [2.24, 2.45) is 22.2 Å². The van der Waals surface area contributed by atoms with Crippen molar-refractivity contribution in [3.05, 3.63) is 52.7 Å². The number of carbonyl (C=O) groups is 1. The van der Waals surface area contributed by atoms with Gasteiger partial charge in [0.15, 0.2) is 0 Å². The van der Waals surface area contributed by atoms with Crippen LogP contribution in [0.1, 0.15) is 69.3 Å². The number of amides is 1. The van der Waals surface area contributed by atoms with E-state index in [1.165, 1.54) is 58.4 Å². The molecular formula is C34H45ClN6O2. The molecule has 1 amide bonds. The smallest absolute Gasteiger partial charge is 0.253 e. The summed E-state index contributed by atoms with van der Waals surface area (Å²) in [6.45, 7) is 16.6. The molecule has 3 saturated heterocycles. The number of nitriles is 1. The number of carbonyl (C=O) groups excluding carboxylic acids is 1. The lowest BCUT2D eigenvalue weighted by atomic mass is 9.49. The van der Waals surface area contributed by atoms with Gasteiger partial charge >= 0.3 is 0 Å². The first-order valence-electron chi connectivity index (χ1n) is 15.8. The number of nitrogens with one attached hydrogen (secondary N) is 2. The molecule has 43 heavy (non-hydrogen) atoms. The zero-order valence-electron chi connectivity index (χ0n) is 26.0. The first kappa shape index (κ1) is 30.2. The third-order valence-electron chi connectivity index (χ3n) is 10.8. The lowest BCUT2D eigenvalue weighted by molar-refractivity contribution is -0.164. The third-order valence-corrected chi connectivity index (χ3v) is 11.1. The van der Waals surface area contributed by atoms with Crippen molar-refractivity contribution in [3.8, 4) is 11.8 Å². The van der Waals surface area contributed by atoms with Gasteiger partial charge in [0.1, 0.15) is 23.7 Å². The van der Waals surface area contributed by atoms with Gasteiger partial charge in [0.05, 0.1) is 16.1 Å². The summed E-state index contributed by atoms with van der Waals surface area (Å²) in [4.78, 5) is 23.1. The van der Waals surface area contributed by atoms with E-state index in [1.807, 2.05) is 12.1 Å². The largest absolute Gasteiger partial charge is 0.489 e. The molecule has 1 saturated carbocycles. The van der Waals surface area contributed by atoms with Crippen LogP contribution in [0.3, 0.4) is 0 Å². The fraction of sp³-hybridized carbons (Fsp3) is 0.618. The Bertz CT molecular complexity index is 1350. The van der Waals surface area contributed by atoms with E-state index in [-0.39, 0.29) is 28.9 Å². The maximum atomic E-state index is 13.3. The number of aromatic nitrogens is 1. The highest BCUT2D eigenvalue weighted by atomic mass is 35.5. The van der Waals surface area contributed by atoms with E-state index < -0.39 is 0 Å². The molecule has 4 aliphatic rings. The number of benzene rings is 1. The van der Waals surface area contributed by atoms with Gasteiger partial charge in [-0.3, -0.25) is 4.79 Å². The van der Waals surface area contributed by atoms with E-state index in [9.17, 15) is 4.79 Å². The number of hydrogen-bond donors (Lipinski definition) is 2. The first-order valence-corrected chi connectivity index (χ1v) is 16.2. The zero-order valence-corrected chi connectivity index (χ0v) is 26.7. The summed E-state index contributed by atoms with van der Waals surface area (Å²) < 4.78 is 6.36. The number of hydrogen-bond acceptors (Lipinski definition) is 7. The van der Waals surface area contributed by atoms with Gasteiger partial charge in [0.25, 0.3) is 5.91 Å². The van der Waals surface area contributed by atoms with Crippen molar-refractivity contribution in [3.63, 3.8) is 0 Å². The molecule has 3 aliphatic heterocycles. The number of pyridine rings is 1. The minimum Gasteiger partial charge on any atom is -0.489 e. The van der Waals surface area contributed by atoms with Crippen LogP contribution in [-0.2, 0) is 0 Å². The normalized spacial score (nSPS) is 26.2. The molecule has 2 N–H and O–H groups in total. The molecule has 6 rings (SSSR count). The second-order valence-corrected chi connectivity index (χ2v) is 14.9. The minimum absolute atomic E-state index is 0.0964. The Morgan fingerprint density at radius 3 is 2.35 bits per heavy atom. The van der Waals surface area contributed by atoms with Crippen LogP contribution in [-0.4, -0.2) is 73.8 Å². The van der Waals surface area contributed by atoms with Gasteiger partial charge < -0.3 is 25.2 Å². The molecular weight excluding hydrogens is 560 g/mol. The summed E-state index contributed by atoms with van der Waals surface area (Å²) in [5.41, 5.74) is 0.960. The molecule has 0 radical (unpaired) electrons. The Morgan fingerprint density at radius 2 is 1.79 bits per heavy atom. The number of rotatable bonds is 7. The van der Waals surface area contributed by atoms with Crippen LogP contribution in [0.25, 0.3) is 0 Å². The van der Waals surface area contributed by atoms with Crippen LogP contribution >= 0.6 is 11.6 Å². The van der Waals surface area contributed by atoms with Crippen molar-refractivity contribution in [2.45, 2.75) is 65.5 Å². The summed E-state index contributed by atoms with van der Waals surface area (Å²) >= 11 is 6.23. The number of ether oxygens (including phenoxy) is 1. The summed E-state index contributed by atoms with van der Waals surface area (Å²) in [6, 6.07) is 11.0. The highest BCUT2D eigenvalue weighted by Crippen LogP contribution is 2.55. The molecule has 8 nitrogen and oxygen atoms in total. The van der Waals surface area contributed by atoms with Crippen molar-refractivity contribution < 1.29 is 9.53 Å². The molecule has 0 bridgehead atoms. The fourth-order valence-corrected chi connectivity index (χ4v) is 8.48. The van der Waals surface area contributed by atoms with E-state index in [0.717, 1.165) is 24.8 Å². The maximum absolute atomic E-state index is 13.3. The standard InChI is InChI=1S/C34H45ClN6O2/c1-32(2)30(33(3,4)31(32)43-26-7-5-24(18-36)27(35)17-26)39-29(42)25-6-8-28(38-19-25)41-13-9-23(10-14-41)20-40-15-11-34(12-16-40)21-37-22-34/h5-8,17,19,23,30-31,37H,9-16,20-22H2,1-4H3,(H,39,42)/t30-,31-. The topological polar surface area (TPSA) is 93.5 Å². The van der Waals surface area contributed by atoms with Gasteiger partial charge in [-0.15, -0.1) is 0 Å². The summed E-state index contributed by atoms with van der Waals surface area (Å²) in [6.07, 6.45) is 6.64. The van der Waals surface area contributed by atoms with Crippen LogP contribution in [0.2, 0.25) is 5.02 Å². The van der Waals surface area contributed by atoms with Crippen LogP contribution in [0, 0.1) is 33.5 Å². The van der Waals surface area contributed by atoms with Crippen LogP contribution < -0.4 is 20.3 Å². The van der Waals surface area contributed by atoms with E-state index in [4.69, 9.17) is 26.6 Å². The predicted octanol–water partition coefficient (Wildman–Crippen LogP) is 5.12. The summed E-state index contributed by atoms with van der Waals surface area (Å²) in [5.74, 6) is 2.21. The molecule has 0 atom stereocenters. The summed E-state index contributed by atoms with van der Waals surface area (Å²) in [5, 5.41) is 16.3. The molecule has 230 valence electrons. The lowest BCUT2D eigenvalue weighted by Gasteiger charge is -2.63. The average Bonchev–Trinajstić information content (AvgIpc) is 2.98. The number of anilines is 1. The SMILES string of the molecule is CC1(C)[C@H](NC(=O)c2ccc(N3CCC(CN4CCC5(CC4)CNC5)CC3)nc2)C(C)(C)[C@H]1Oc1ccc(C#N)c(Cl)c1. The lowest BCUT2D eigenvalue weighted by Crippen LogP contribution is -2.74. The molecule has 4 heterocycles. The Balaban J connectivity index is 0.994. The second kappa shape index (κ2) is 11.6. The number of nitrogens with zero attached hydrogens (tertiary/aromatic N) is 4. The third kappa shape index (κ3) is 5.84. The predicted molar refractivity (Wildman–Crippen MR) is 170 cm³/mol. The Morgan fingerprint density at radius 1 is 1.09 bits per heavy atom. The number of likely N-dealkylation sites (tertiary alicyclic amines) is 1. The maximum Gasteiger partial charge on any atom is 0.253 e. The summed E-state index contributed by atoms with van der Waals surface area (Å²) in [7, 11) is 0. The minimum atomic E-state index is -0.318. The van der Waals surface area contributed by atoms with E-state index in [2.05, 4.69) is 54.2 Å². The van der Waals surface area contributed by atoms with Crippen molar-refractivity contribution in [2.75, 3.05) is 50.7 Å². The Kier molecular flexibility index (Phi) is 8.12. The first-order chi connectivity index (χ1) is 20.5. The molecule has 9 heteroatoms. The fourth-order valence-electron chi connectivity index (χ4n) is 8.27. The van der Waals surface area contributed by atoms with Gasteiger partial charge in [-0.25, -0.2) is 4.98 Å². The van der Waals surface area contributed by atoms with Gasteiger partial charge in [0, 0.05) is 61.9 Å². The molecule has 1 aromatic heterocycles. The van der Waals surface area contributed by atoms with Crippen LogP contribution in [0.15, 0.2) is 36.5 Å². The van der Waals surface area contributed by atoms with Crippen molar-refractivity contribution in [1.82, 2.24) is 20.5 Å². The molecule has 1 spiro atoms. The average molecular weight is 605 g/mol. The Hall–Kier alpha value is -2.86. The Labute approximate surface area is 261 Å². The molecule has 1 aromatic carbocycles. The zero-order chi connectivity index (χ0) is 30.4. The quantitative estimate of drug-likeness (QED) is 0.453. The molecule has 4 fully saturated rings. The van der Waals surface area contributed by atoms with Gasteiger partial charge in [-0.1, -0.05) is 39.3 Å².